The molecule has 0 aliphatic carbocycles. The normalized spacial score (nSPS) is 14.9. The zero-order chi connectivity index (χ0) is 33.6. The summed E-state index contributed by atoms with van der Waals surface area (Å²) < 4.78 is 50.4. The van der Waals surface area contributed by atoms with Gasteiger partial charge in [0.05, 0.1) is 31.5 Å². The molecule has 1 N–H and O–H groups in total. The van der Waals surface area contributed by atoms with Crippen LogP contribution in [0.5, 0.6) is 11.5 Å². The Hall–Kier alpha value is -5.23. The van der Waals surface area contributed by atoms with E-state index in [1.807, 2.05) is 47.4 Å². The van der Waals surface area contributed by atoms with Crippen molar-refractivity contribution in [1.29, 1.82) is 0 Å². The predicted molar refractivity (Wildman–Crippen MR) is 181 cm³/mol. The molecular formula is C36H30F3N5O3S. The lowest BCUT2D eigenvalue weighted by atomic mass is 10.0. The highest BCUT2D eigenvalue weighted by Gasteiger charge is 2.40. The van der Waals surface area contributed by atoms with E-state index in [-0.39, 0.29) is 11.9 Å². The monoisotopic (exact) mass is 669 g/mol. The summed E-state index contributed by atoms with van der Waals surface area (Å²) in [6, 6.07) is 20.3. The number of aromatic amines is 1. The van der Waals surface area contributed by atoms with Crippen molar-refractivity contribution in [2.45, 2.75) is 18.0 Å². The predicted octanol–water partition coefficient (Wildman–Crippen LogP) is 8.00. The van der Waals surface area contributed by atoms with Crippen LogP contribution in [0.2, 0.25) is 0 Å². The van der Waals surface area contributed by atoms with Gasteiger partial charge in [0, 0.05) is 65.0 Å². The van der Waals surface area contributed by atoms with Gasteiger partial charge in [-0.1, -0.05) is 48.7 Å². The lowest BCUT2D eigenvalue weighted by molar-refractivity contribution is -0.137. The number of pyridine rings is 1. The van der Waals surface area contributed by atoms with E-state index >= 15 is 0 Å². The Morgan fingerprint density at radius 3 is 2.44 bits per heavy atom. The standard InChI is InChI=1S/C36H30F3N5O3S/c1-21-28-15-32(46-2)33(47-3)16-30(28)42-35(48-20-22-6-10-26(11-7-22)36(37,38)39)44(21)27-18-43(19-27)34(45)31-14-24-9-8-23(13-29(24)41-31)25-5-4-12-40-17-25/h4-17,27,41H,1,18-20H2,2-3H3. The molecule has 2 aromatic heterocycles. The Bertz CT molecular complexity index is 2060. The van der Waals surface area contributed by atoms with Crippen LogP contribution in [0, 0.1) is 0 Å². The lowest BCUT2D eigenvalue weighted by Gasteiger charge is -2.47. The Balaban J connectivity index is 1.12. The Morgan fingerprint density at radius 2 is 1.75 bits per heavy atom. The number of H-pyrrole nitrogens is 1. The number of methoxy groups -OCH3 is 2. The quantitative estimate of drug-likeness (QED) is 0.189. The number of halogens is 3. The molecule has 1 saturated heterocycles. The topological polar surface area (TPSA) is 83.1 Å². The molecule has 7 rings (SSSR count). The third-order valence-electron chi connectivity index (χ3n) is 8.54. The number of ether oxygens (including phenoxy) is 2. The highest BCUT2D eigenvalue weighted by molar-refractivity contribution is 8.13. The van der Waals surface area contributed by atoms with Gasteiger partial charge in [0.15, 0.2) is 16.7 Å². The molecule has 8 nitrogen and oxygen atoms in total. The summed E-state index contributed by atoms with van der Waals surface area (Å²) in [4.78, 5) is 29.8. The van der Waals surface area contributed by atoms with Gasteiger partial charge < -0.3 is 24.3 Å². The van der Waals surface area contributed by atoms with E-state index in [2.05, 4.69) is 16.5 Å². The van der Waals surface area contributed by atoms with Crippen molar-refractivity contribution in [2.24, 2.45) is 4.99 Å². The van der Waals surface area contributed by atoms with Gasteiger partial charge in [-0.05, 0) is 47.5 Å². The average molecular weight is 670 g/mol. The van der Waals surface area contributed by atoms with Crippen molar-refractivity contribution in [3.8, 4) is 22.6 Å². The summed E-state index contributed by atoms with van der Waals surface area (Å²) in [6.07, 6.45) is -0.873. The molecule has 2 aliphatic rings. The summed E-state index contributed by atoms with van der Waals surface area (Å²) in [5.41, 5.74) is 5.44. The van der Waals surface area contributed by atoms with E-state index in [4.69, 9.17) is 14.5 Å². The van der Waals surface area contributed by atoms with Crippen LogP contribution in [0.1, 0.15) is 27.2 Å². The molecule has 3 aromatic carbocycles. The molecular weight excluding hydrogens is 639 g/mol. The third-order valence-corrected chi connectivity index (χ3v) is 9.56. The number of thioether (sulfide) groups is 1. The number of fused-ring (bicyclic) bond motifs is 2. The minimum Gasteiger partial charge on any atom is -0.493 e. The summed E-state index contributed by atoms with van der Waals surface area (Å²) >= 11 is 1.40. The van der Waals surface area contributed by atoms with Crippen molar-refractivity contribution in [3.05, 3.63) is 114 Å². The first-order chi connectivity index (χ1) is 23.1. The van der Waals surface area contributed by atoms with Crippen LogP contribution in [0.15, 0.2) is 96.8 Å². The summed E-state index contributed by atoms with van der Waals surface area (Å²) in [5, 5.41) is 1.56. The zero-order valence-corrected chi connectivity index (χ0v) is 26.9. The number of amidine groups is 1. The van der Waals surface area contributed by atoms with E-state index in [0.717, 1.165) is 45.3 Å². The molecule has 0 unspecified atom stereocenters. The molecule has 244 valence electrons. The van der Waals surface area contributed by atoms with E-state index in [1.54, 1.807) is 37.6 Å². The SMILES string of the molecule is C=C1c2cc(OC)c(OC)cc2N=C(SCc2ccc(C(F)(F)F)cc2)N1C1CN(C(=O)c2cc3ccc(-c4cccnc4)cc3[nH]2)C1. The fourth-order valence-electron chi connectivity index (χ4n) is 5.92. The van der Waals surface area contributed by atoms with Crippen LogP contribution in [-0.2, 0) is 11.9 Å². The number of hydrogen-bond acceptors (Lipinski definition) is 7. The molecule has 5 aromatic rings. The fraction of sp³-hybridized carbons (Fsp3) is 0.194. The smallest absolute Gasteiger partial charge is 0.416 e. The Kier molecular flexibility index (Phi) is 8.12. The number of nitrogens with one attached hydrogen (secondary N) is 1. The number of rotatable bonds is 7. The van der Waals surface area contributed by atoms with Gasteiger partial charge >= 0.3 is 6.18 Å². The van der Waals surface area contributed by atoms with Gasteiger partial charge in [0.25, 0.3) is 5.91 Å². The first-order valence-electron chi connectivity index (χ1n) is 15.1. The summed E-state index contributed by atoms with van der Waals surface area (Å²) in [6.45, 7) is 5.26. The van der Waals surface area contributed by atoms with E-state index in [9.17, 15) is 18.0 Å². The third kappa shape index (κ3) is 5.87. The number of nitrogens with zero attached hydrogens (tertiary/aromatic N) is 4. The number of carbonyl (C=O) groups excluding carboxylic acids is 1. The maximum absolute atomic E-state index is 13.6. The van der Waals surface area contributed by atoms with E-state index < -0.39 is 11.7 Å². The van der Waals surface area contributed by atoms with Crippen molar-refractivity contribution in [3.63, 3.8) is 0 Å². The highest BCUT2D eigenvalue weighted by atomic mass is 32.2. The maximum atomic E-state index is 13.6. The largest absolute Gasteiger partial charge is 0.493 e. The minimum atomic E-state index is -4.40. The molecule has 0 atom stereocenters. The van der Waals surface area contributed by atoms with Crippen molar-refractivity contribution < 1.29 is 27.4 Å². The molecule has 0 saturated carbocycles. The molecule has 2 aliphatic heterocycles. The van der Waals surface area contributed by atoms with Gasteiger partial charge in [0.2, 0.25) is 0 Å². The van der Waals surface area contributed by atoms with Gasteiger partial charge in [-0.25, -0.2) is 4.99 Å². The molecule has 12 heteroatoms. The van der Waals surface area contributed by atoms with Gasteiger partial charge in [-0.15, -0.1) is 0 Å². The minimum absolute atomic E-state index is 0.115. The number of alkyl halides is 3. The summed E-state index contributed by atoms with van der Waals surface area (Å²) in [5.74, 6) is 1.31. The fourth-order valence-corrected chi connectivity index (χ4v) is 6.97. The van der Waals surface area contributed by atoms with Gasteiger partial charge in [-0.3, -0.25) is 9.78 Å². The van der Waals surface area contributed by atoms with Crippen molar-refractivity contribution in [2.75, 3.05) is 27.3 Å². The number of aliphatic imine (C=N–C) groups is 1. The van der Waals surface area contributed by atoms with Crippen molar-refractivity contribution in [1.82, 2.24) is 19.8 Å². The van der Waals surface area contributed by atoms with Gasteiger partial charge in [0.1, 0.15) is 5.69 Å². The zero-order valence-electron chi connectivity index (χ0n) is 26.0. The summed E-state index contributed by atoms with van der Waals surface area (Å²) in [7, 11) is 3.10. The second kappa shape index (κ2) is 12.4. The lowest BCUT2D eigenvalue weighted by Crippen LogP contribution is -2.61. The highest BCUT2D eigenvalue weighted by Crippen LogP contribution is 2.44. The van der Waals surface area contributed by atoms with E-state index in [1.165, 1.54) is 23.9 Å². The second-order valence-corrected chi connectivity index (χ2v) is 12.5. The number of hydrogen-bond donors (Lipinski definition) is 1. The first kappa shape index (κ1) is 31.4. The maximum Gasteiger partial charge on any atom is 0.416 e. The number of aromatic nitrogens is 2. The molecule has 0 bridgehead atoms. The number of likely N-dealkylation sites (tertiary alicyclic amines) is 1. The van der Waals surface area contributed by atoms with Gasteiger partial charge in [-0.2, -0.15) is 13.2 Å². The molecule has 48 heavy (non-hydrogen) atoms. The average Bonchev–Trinajstić information content (AvgIpc) is 3.51. The van der Waals surface area contributed by atoms with Crippen molar-refractivity contribution >= 4 is 45.1 Å². The molecule has 0 radical (unpaired) electrons. The van der Waals surface area contributed by atoms with Crippen LogP contribution >= 0.6 is 11.8 Å². The molecule has 0 spiro atoms. The molecule has 1 amide bonds. The van der Waals surface area contributed by atoms with Crippen LogP contribution in [0.25, 0.3) is 27.7 Å². The Morgan fingerprint density at radius 1 is 1.00 bits per heavy atom. The van der Waals surface area contributed by atoms with Crippen LogP contribution in [-0.4, -0.2) is 64.2 Å². The van der Waals surface area contributed by atoms with Crippen LogP contribution < -0.4 is 9.47 Å². The Labute approximate surface area is 278 Å². The number of carbonyl (C=O) groups is 1. The number of benzene rings is 3. The van der Waals surface area contributed by atoms with E-state index in [0.29, 0.717) is 52.6 Å². The number of amides is 1. The molecule has 4 heterocycles. The van der Waals surface area contributed by atoms with Crippen LogP contribution in [0.3, 0.4) is 0 Å². The van der Waals surface area contributed by atoms with Crippen LogP contribution in [0.4, 0.5) is 18.9 Å². The molecule has 1 fully saturated rings. The first-order valence-corrected chi connectivity index (χ1v) is 16.1. The second-order valence-electron chi connectivity index (χ2n) is 11.5.